The molecule has 1 saturated carbocycles. The van der Waals surface area contributed by atoms with Crippen molar-refractivity contribution in [3.8, 4) is 5.75 Å². The predicted octanol–water partition coefficient (Wildman–Crippen LogP) is 0.600. The van der Waals surface area contributed by atoms with Crippen LogP contribution in [0.15, 0.2) is 24.3 Å². The van der Waals surface area contributed by atoms with Crippen LogP contribution in [0.4, 0.5) is 0 Å². The van der Waals surface area contributed by atoms with Gasteiger partial charge in [-0.2, -0.15) is 0 Å². The lowest BCUT2D eigenvalue weighted by molar-refractivity contribution is -0.133. The molecule has 5 atom stereocenters. The van der Waals surface area contributed by atoms with Gasteiger partial charge in [0.15, 0.2) is 5.78 Å². The molecule has 3 aliphatic rings. The fourth-order valence-electron chi connectivity index (χ4n) is 5.75. The Labute approximate surface area is 202 Å². The molecule has 1 aliphatic carbocycles. The SMILES string of the molecule is COc1cccc2[nH]c(C(=O)N3C[C@@H]4CC[C@@H]4[C@H]3C(=O)N[C@@H](C[C@@H]3CCNC3=O)C(=O)CO)cc12. The van der Waals surface area contributed by atoms with Crippen molar-refractivity contribution in [2.24, 2.45) is 17.8 Å². The largest absolute Gasteiger partial charge is 0.496 e. The summed E-state index contributed by atoms with van der Waals surface area (Å²) in [6.07, 6.45) is 2.48. The summed E-state index contributed by atoms with van der Waals surface area (Å²) in [7, 11) is 1.57. The van der Waals surface area contributed by atoms with Gasteiger partial charge >= 0.3 is 0 Å². The number of likely N-dealkylation sites (tertiary alicyclic amines) is 1. The number of hydrogen-bond acceptors (Lipinski definition) is 6. The van der Waals surface area contributed by atoms with Crippen LogP contribution in [0.5, 0.6) is 5.75 Å². The molecular weight excluding hydrogens is 452 g/mol. The van der Waals surface area contributed by atoms with Crippen molar-refractivity contribution in [1.29, 1.82) is 0 Å². The number of carbonyl (C=O) groups excluding carboxylic acids is 4. The second-order valence-electron chi connectivity index (χ2n) is 9.71. The minimum absolute atomic E-state index is 0.0255. The molecule has 5 rings (SSSR count). The highest BCUT2D eigenvalue weighted by Crippen LogP contribution is 2.45. The van der Waals surface area contributed by atoms with E-state index in [1.54, 1.807) is 18.1 Å². The number of methoxy groups -OCH3 is 1. The number of carbonyl (C=O) groups is 4. The molecule has 0 radical (unpaired) electrons. The van der Waals surface area contributed by atoms with Gasteiger partial charge in [0, 0.05) is 29.9 Å². The van der Waals surface area contributed by atoms with Crippen LogP contribution in [0.3, 0.4) is 0 Å². The molecule has 3 amide bonds. The first kappa shape index (κ1) is 23.3. The zero-order valence-electron chi connectivity index (χ0n) is 19.6. The maximum absolute atomic E-state index is 13.6. The number of nitrogens with zero attached hydrogens (tertiary/aromatic N) is 1. The van der Waals surface area contributed by atoms with E-state index in [0.717, 1.165) is 23.7 Å². The molecule has 0 spiro atoms. The first-order chi connectivity index (χ1) is 16.9. The predicted molar refractivity (Wildman–Crippen MR) is 126 cm³/mol. The molecule has 4 N–H and O–H groups in total. The number of ketones is 1. The number of fused-ring (bicyclic) bond motifs is 2. The van der Waals surface area contributed by atoms with Gasteiger partial charge in [-0.05, 0) is 55.7 Å². The number of aliphatic hydroxyl groups is 1. The molecule has 2 saturated heterocycles. The Morgan fingerprint density at radius 1 is 1.26 bits per heavy atom. The van der Waals surface area contributed by atoms with Crippen LogP contribution < -0.4 is 15.4 Å². The quantitative estimate of drug-likeness (QED) is 0.434. The van der Waals surface area contributed by atoms with Crippen LogP contribution in [-0.4, -0.2) is 77.4 Å². The number of aromatic amines is 1. The molecule has 3 heterocycles. The number of rotatable bonds is 8. The molecular formula is C25H30N4O6. The Balaban J connectivity index is 1.37. The first-order valence-corrected chi connectivity index (χ1v) is 12.1. The zero-order chi connectivity index (χ0) is 24.7. The first-order valence-electron chi connectivity index (χ1n) is 12.1. The lowest BCUT2D eigenvalue weighted by atomic mass is 9.73. The van der Waals surface area contributed by atoms with Gasteiger partial charge < -0.3 is 30.4 Å². The number of aromatic nitrogens is 1. The second kappa shape index (κ2) is 9.33. The molecule has 2 aliphatic heterocycles. The zero-order valence-corrected chi connectivity index (χ0v) is 19.6. The van der Waals surface area contributed by atoms with E-state index in [4.69, 9.17) is 4.74 Å². The molecule has 10 heteroatoms. The van der Waals surface area contributed by atoms with Gasteiger partial charge in [-0.15, -0.1) is 0 Å². The van der Waals surface area contributed by atoms with Crippen LogP contribution in [0, 0.1) is 17.8 Å². The van der Waals surface area contributed by atoms with E-state index in [1.807, 2.05) is 18.2 Å². The summed E-state index contributed by atoms with van der Waals surface area (Å²) in [4.78, 5) is 56.2. The van der Waals surface area contributed by atoms with Crippen LogP contribution in [0.2, 0.25) is 0 Å². The van der Waals surface area contributed by atoms with E-state index in [-0.39, 0.29) is 30.1 Å². The highest BCUT2D eigenvalue weighted by atomic mass is 16.5. The van der Waals surface area contributed by atoms with Gasteiger partial charge in [0.2, 0.25) is 11.8 Å². The Hall–Kier alpha value is -3.40. The Morgan fingerprint density at radius 3 is 2.74 bits per heavy atom. The van der Waals surface area contributed by atoms with E-state index in [9.17, 15) is 24.3 Å². The number of benzene rings is 1. The van der Waals surface area contributed by atoms with Gasteiger partial charge in [0.05, 0.1) is 13.2 Å². The molecule has 2 aromatic rings. The third-order valence-corrected chi connectivity index (χ3v) is 7.80. The lowest BCUT2D eigenvalue weighted by Gasteiger charge is -2.33. The van der Waals surface area contributed by atoms with Crippen molar-refractivity contribution >= 4 is 34.4 Å². The second-order valence-corrected chi connectivity index (χ2v) is 9.71. The van der Waals surface area contributed by atoms with Crippen molar-refractivity contribution in [3.63, 3.8) is 0 Å². The number of Topliss-reactive ketones (excluding diaryl/α,β-unsaturated/α-hetero) is 1. The molecule has 10 nitrogen and oxygen atoms in total. The van der Waals surface area contributed by atoms with E-state index < -0.39 is 36.3 Å². The molecule has 1 aromatic carbocycles. The standard InChI is InChI=1S/C25H30N4O6/c1-35-21-4-2-3-17-16(21)10-19(27-17)25(34)29-11-14-5-6-15(14)22(29)24(33)28-18(20(31)12-30)9-13-7-8-26-23(13)32/h2-4,10,13-15,18,22,27,30H,5-9,11-12H2,1H3,(H,26,32)(H,28,33)/t13-,14-,15-,18-,22-/m0/s1. The maximum atomic E-state index is 13.6. The van der Waals surface area contributed by atoms with Crippen LogP contribution in [0.1, 0.15) is 36.2 Å². The molecule has 186 valence electrons. The summed E-state index contributed by atoms with van der Waals surface area (Å²) in [5, 5.41) is 15.7. The summed E-state index contributed by atoms with van der Waals surface area (Å²) >= 11 is 0. The van der Waals surface area contributed by atoms with Gasteiger partial charge in [-0.1, -0.05) is 6.07 Å². The summed E-state index contributed by atoms with van der Waals surface area (Å²) in [6.45, 7) is 0.273. The Morgan fingerprint density at radius 2 is 2.09 bits per heavy atom. The van der Waals surface area contributed by atoms with Gasteiger partial charge in [0.25, 0.3) is 5.91 Å². The van der Waals surface area contributed by atoms with E-state index in [1.165, 1.54) is 0 Å². The Bertz CT molecular complexity index is 1180. The van der Waals surface area contributed by atoms with Gasteiger partial charge in [-0.25, -0.2) is 0 Å². The fraction of sp³-hybridized carbons (Fsp3) is 0.520. The van der Waals surface area contributed by atoms with Crippen molar-refractivity contribution in [3.05, 3.63) is 30.0 Å². The summed E-state index contributed by atoms with van der Waals surface area (Å²) in [5.41, 5.74) is 1.13. The lowest BCUT2D eigenvalue weighted by Crippen LogP contribution is -2.54. The number of amides is 3. The molecule has 35 heavy (non-hydrogen) atoms. The average Bonchev–Trinajstić information content (AvgIpc) is 3.53. The molecule has 0 unspecified atom stereocenters. The monoisotopic (exact) mass is 482 g/mol. The average molecular weight is 483 g/mol. The molecule has 1 aromatic heterocycles. The summed E-state index contributed by atoms with van der Waals surface area (Å²) in [5.74, 6) is -0.867. The topological polar surface area (TPSA) is 141 Å². The molecule has 0 bridgehead atoms. The minimum atomic E-state index is -0.977. The summed E-state index contributed by atoms with van der Waals surface area (Å²) in [6, 6.07) is 5.57. The Kier molecular flexibility index (Phi) is 6.22. The summed E-state index contributed by atoms with van der Waals surface area (Å²) < 4.78 is 5.40. The van der Waals surface area contributed by atoms with Crippen LogP contribution in [0.25, 0.3) is 10.9 Å². The normalized spacial score (nSPS) is 26.1. The number of ether oxygens (including phenoxy) is 1. The van der Waals surface area contributed by atoms with Crippen LogP contribution in [-0.2, 0) is 14.4 Å². The number of aliphatic hydroxyl groups excluding tert-OH is 1. The minimum Gasteiger partial charge on any atom is -0.496 e. The number of nitrogens with one attached hydrogen (secondary N) is 3. The third kappa shape index (κ3) is 4.16. The number of hydrogen-bond donors (Lipinski definition) is 4. The maximum Gasteiger partial charge on any atom is 0.271 e. The smallest absolute Gasteiger partial charge is 0.271 e. The van der Waals surface area contributed by atoms with E-state index in [2.05, 4.69) is 15.6 Å². The van der Waals surface area contributed by atoms with Crippen molar-refractivity contribution in [2.75, 3.05) is 26.8 Å². The highest BCUT2D eigenvalue weighted by molar-refractivity contribution is 6.02. The van der Waals surface area contributed by atoms with Gasteiger partial charge in [-0.3, -0.25) is 19.2 Å². The highest BCUT2D eigenvalue weighted by Gasteiger charge is 2.52. The van der Waals surface area contributed by atoms with Crippen molar-refractivity contribution in [2.45, 2.75) is 37.8 Å². The van der Waals surface area contributed by atoms with Crippen molar-refractivity contribution in [1.82, 2.24) is 20.5 Å². The van der Waals surface area contributed by atoms with E-state index in [0.29, 0.717) is 31.0 Å². The number of H-pyrrole nitrogens is 1. The third-order valence-electron chi connectivity index (χ3n) is 7.80. The fourth-order valence-corrected chi connectivity index (χ4v) is 5.75. The molecule has 3 fully saturated rings. The van der Waals surface area contributed by atoms with Crippen LogP contribution >= 0.6 is 0 Å². The van der Waals surface area contributed by atoms with E-state index >= 15 is 0 Å². The van der Waals surface area contributed by atoms with Crippen molar-refractivity contribution < 1.29 is 29.0 Å². The van der Waals surface area contributed by atoms with Gasteiger partial charge in [0.1, 0.15) is 24.1 Å².